The lowest BCUT2D eigenvalue weighted by Gasteiger charge is -2.38. The van der Waals surface area contributed by atoms with Crippen LogP contribution < -0.4 is 5.32 Å². The molecular weight excluding hydrogens is 198 g/mol. The molecule has 0 bridgehead atoms. The fourth-order valence-corrected chi connectivity index (χ4v) is 2.71. The molecule has 16 heavy (non-hydrogen) atoms. The van der Waals surface area contributed by atoms with Gasteiger partial charge in [-0.1, -0.05) is 29.8 Å². The molecule has 0 amide bonds. The Hall–Kier alpha value is -0.860. The normalized spacial score (nSPS) is 19.6. The van der Waals surface area contributed by atoms with Gasteiger partial charge >= 0.3 is 0 Å². The number of rotatable bonds is 3. The van der Waals surface area contributed by atoms with Crippen molar-refractivity contribution in [1.29, 1.82) is 0 Å². The first-order valence-corrected chi connectivity index (χ1v) is 6.16. The molecule has 0 radical (unpaired) electrons. The van der Waals surface area contributed by atoms with Crippen LogP contribution in [0.3, 0.4) is 0 Å². The van der Waals surface area contributed by atoms with Crippen molar-refractivity contribution in [3.8, 4) is 0 Å². The molecule has 88 valence electrons. The molecule has 2 heteroatoms. The summed E-state index contributed by atoms with van der Waals surface area (Å²) in [6, 6.07) is 8.82. The van der Waals surface area contributed by atoms with E-state index in [0.717, 1.165) is 32.4 Å². The molecule has 1 aliphatic rings. The van der Waals surface area contributed by atoms with E-state index in [9.17, 15) is 5.11 Å². The van der Waals surface area contributed by atoms with Crippen LogP contribution in [0.4, 0.5) is 0 Å². The minimum atomic E-state index is 0.202. The highest BCUT2D eigenvalue weighted by atomic mass is 16.3. The first-order valence-electron chi connectivity index (χ1n) is 6.16. The van der Waals surface area contributed by atoms with Crippen LogP contribution in [0.15, 0.2) is 24.3 Å². The Morgan fingerprint density at radius 1 is 1.19 bits per heavy atom. The predicted octanol–water partition coefficient (Wildman–Crippen LogP) is 2.00. The number of hydrogen-bond acceptors (Lipinski definition) is 2. The Balaban J connectivity index is 2.26. The molecule has 1 heterocycles. The average Bonchev–Trinajstić information content (AvgIpc) is 2.31. The molecule has 1 fully saturated rings. The van der Waals surface area contributed by atoms with Crippen LogP contribution in [0, 0.1) is 6.92 Å². The van der Waals surface area contributed by atoms with E-state index >= 15 is 0 Å². The highest BCUT2D eigenvalue weighted by Gasteiger charge is 2.32. The molecule has 2 rings (SSSR count). The third-order valence-corrected chi connectivity index (χ3v) is 3.81. The summed E-state index contributed by atoms with van der Waals surface area (Å²) in [6.07, 6.45) is 3.16. The van der Waals surface area contributed by atoms with E-state index < -0.39 is 0 Å². The van der Waals surface area contributed by atoms with Crippen molar-refractivity contribution in [1.82, 2.24) is 5.32 Å². The zero-order valence-corrected chi connectivity index (χ0v) is 10.00. The van der Waals surface area contributed by atoms with Crippen molar-refractivity contribution in [3.63, 3.8) is 0 Å². The summed E-state index contributed by atoms with van der Waals surface area (Å²) in [5, 5.41) is 12.7. The van der Waals surface area contributed by atoms with Gasteiger partial charge < -0.3 is 10.4 Å². The number of nitrogens with one attached hydrogen (secondary N) is 1. The Labute approximate surface area is 97.7 Å². The Bertz CT molecular complexity index is 320. The van der Waals surface area contributed by atoms with Crippen LogP contribution in [-0.2, 0) is 5.41 Å². The van der Waals surface area contributed by atoms with E-state index in [0.29, 0.717) is 0 Å². The van der Waals surface area contributed by atoms with E-state index in [1.54, 1.807) is 0 Å². The summed E-state index contributed by atoms with van der Waals surface area (Å²) in [5.41, 5.74) is 2.90. The number of piperidine rings is 1. The second-order valence-corrected chi connectivity index (χ2v) is 4.87. The summed E-state index contributed by atoms with van der Waals surface area (Å²) in [5.74, 6) is 0. The van der Waals surface area contributed by atoms with Gasteiger partial charge in [-0.15, -0.1) is 0 Å². The number of benzene rings is 1. The van der Waals surface area contributed by atoms with Gasteiger partial charge in [0.1, 0.15) is 0 Å². The Morgan fingerprint density at radius 2 is 1.81 bits per heavy atom. The Morgan fingerprint density at radius 3 is 2.38 bits per heavy atom. The lowest BCUT2D eigenvalue weighted by atomic mass is 9.71. The quantitative estimate of drug-likeness (QED) is 0.815. The number of aliphatic hydroxyl groups is 1. The van der Waals surface area contributed by atoms with E-state index in [-0.39, 0.29) is 12.0 Å². The number of hydrogen-bond donors (Lipinski definition) is 2. The second-order valence-electron chi connectivity index (χ2n) is 4.87. The summed E-state index contributed by atoms with van der Waals surface area (Å²) in [7, 11) is 0. The van der Waals surface area contributed by atoms with E-state index in [1.165, 1.54) is 11.1 Å². The highest BCUT2D eigenvalue weighted by molar-refractivity contribution is 5.29. The molecule has 2 nitrogen and oxygen atoms in total. The molecular formula is C14H21NO. The van der Waals surface area contributed by atoms with Gasteiger partial charge in [-0.25, -0.2) is 0 Å². The van der Waals surface area contributed by atoms with Crippen LogP contribution in [0.5, 0.6) is 0 Å². The van der Waals surface area contributed by atoms with Crippen molar-refractivity contribution in [2.45, 2.75) is 31.6 Å². The molecule has 1 aromatic rings. The van der Waals surface area contributed by atoms with Gasteiger partial charge in [0.2, 0.25) is 0 Å². The maximum absolute atomic E-state index is 9.28. The summed E-state index contributed by atoms with van der Waals surface area (Å²) < 4.78 is 0. The van der Waals surface area contributed by atoms with Gasteiger partial charge in [0.25, 0.3) is 0 Å². The third kappa shape index (κ3) is 2.28. The molecule has 0 unspecified atom stereocenters. The second kappa shape index (κ2) is 4.98. The molecule has 0 spiro atoms. The molecule has 0 atom stereocenters. The topological polar surface area (TPSA) is 32.3 Å². The SMILES string of the molecule is Cc1ccc(C2(CCO)CCNCC2)cc1. The fraction of sp³-hybridized carbons (Fsp3) is 0.571. The highest BCUT2D eigenvalue weighted by Crippen LogP contribution is 2.36. The Kier molecular flexibility index (Phi) is 3.62. The maximum Gasteiger partial charge on any atom is 0.0439 e. The van der Waals surface area contributed by atoms with E-state index in [2.05, 4.69) is 36.5 Å². The first-order chi connectivity index (χ1) is 7.77. The first kappa shape index (κ1) is 11.6. The molecule has 2 N–H and O–H groups in total. The largest absolute Gasteiger partial charge is 0.396 e. The zero-order chi connectivity index (χ0) is 11.4. The maximum atomic E-state index is 9.28. The van der Waals surface area contributed by atoms with Crippen molar-refractivity contribution >= 4 is 0 Å². The van der Waals surface area contributed by atoms with Crippen molar-refractivity contribution in [3.05, 3.63) is 35.4 Å². The van der Waals surface area contributed by atoms with Crippen molar-refractivity contribution in [2.24, 2.45) is 0 Å². The van der Waals surface area contributed by atoms with Crippen LogP contribution in [-0.4, -0.2) is 24.8 Å². The zero-order valence-electron chi connectivity index (χ0n) is 10.00. The lowest BCUT2D eigenvalue weighted by molar-refractivity contribution is 0.204. The van der Waals surface area contributed by atoms with Gasteiger partial charge in [-0.05, 0) is 50.3 Å². The predicted molar refractivity (Wildman–Crippen MR) is 66.7 cm³/mol. The third-order valence-electron chi connectivity index (χ3n) is 3.81. The van der Waals surface area contributed by atoms with Gasteiger partial charge in [0.05, 0.1) is 0 Å². The minimum Gasteiger partial charge on any atom is -0.396 e. The van der Waals surface area contributed by atoms with Crippen LogP contribution in [0.25, 0.3) is 0 Å². The van der Waals surface area contributed by atoms with Gasteiger partial charge in [0.15, 0.2) is 0 Å². The smallest absolute Gasteiger partial charge is 0.0439 e. The van der Waals surface area contributed by atoms with Crippen molar-refractivity contribution in [2.75, 3.05) is 19.7 Å². The summed E-state index contributed by atoms with van der Waals surface area (Å²) in [4.78, 5) is 0. The monoisotopic (exact) mass is 219 g/mol. The number of aliphatic hydroxyl groups excluding tert-OH is 1. The molecule has 0 aromatic heterocycles. The molecule has 0 aliphatic carbocycles. The lowest BCUT2D eigenvalue weighted by Crippen LogP contribution is -2.40. The van der Waals surface area contributed by atoms with Gasteiger partial charge in [-0.3, -0.25) is 0 Å². The fourth-order valence-electron chi connectivity index (χ4n) is 2.71. The molecule has 1 aliphatic heterocycles. The molecule has 0 saturated carbocycles. The molecule has 1 aromatic carbocycles. The van der Waals surface area contributed by atoms with E-state index in [4.69, 9.17) is 0 Å². The van der Waals surface area contributed by atoms with Gasteiger partial charge in [0, 0.05) is 6.61 Å². The summed E-state index contributed by atoms with van der Waals surface area (Å²) >= 11 is 0. The minimum absolute atomic E-state index is 0.202. The van der Waals surface area contributed by atoms with Crippen LogP contribution >= 0.6 is 0 Å². The average molecular weight is 219 g/mol. The van der Waals surface area contributed by atoms with Crippen LogP contribution in [0.2, 0.25) is 0 Å². The standard InChI is InChI=1S/C14H21NO/c1-12-2-4-13(5-3-12)14(8-11-16)6-9-15-10-7-14/h2-5,15-16H,6-11H2,1H3. The summed E-state index contributed by atoms with van der Waals surface area (Å²) in [6.45, 7) is 4.53. The molecule has 1 saturated heterocycles. The van der Waals surface area contributed by atoms with Crippen LogP contribution in [0.1, 0.15) is 30.4 Å². The number of aryl methyl sites for hydroxylation is 1. The van der Waals surface area contributed by atoms with Crippen molar-refractivity contribution < 1.29 is 5.11 Å². The van der Waals surface area contributed by atoms with Gasteiger partial charge in [-0.2, -0.15) is 0 Å². The van der Waals surface area contributed by atoms with E-state index in [1.807, 2.05) is 0 Å².